The third-order valence-electron chi connectivity index (χ3n) is 1.96. The van der Waals surface area contributed by atoms with Gasteiger partial charge in [-0.15, -0.1) is 0 Å². The van der Waals surface area contributed by atoms with Gasteiger partial charge in [-0.1, -0.05) is 0 Å². The average Bonchev–Trinajstić information content (AvgIpc) is 2.47. The van der Waals surface area contributed by atoms with Crippen molar-refractivity contribution in [1.29, 1.82) is 0 Å². The standard InChI is InChI=1S/C9H10N2O/c1-11-4-3-7-5-9(12-2)10-6-8(7)11/h3-6H,1-2H3. The normalized spacial score (nSPS) is 10.5. The van der Waals surface area contributed by atoms with Crippen LogP contribution in [0.1, 0.15) is 0 Å². The molecule has 62 valence electrons. The molecule has 0 bridgehead atoms. The maximum Gasteiger partial charge on any atom is 0.213 e. The minimum absolute atomic E-state index is 0.661. The van der Waals surface area contributed by atoms with Gasteiger partial charge in [0.1, 0.15) is 0 Å². The summed E-state index contributed by atoms with van der Waals surface area (Å²) in [5, 5.41) is 1.16. The first kappa shape index (κ1) is 7.16. The molecule has 3 nitrogen and oxygen atoms in total. The van der Waals surface area contributed by atoms with Crippen LogP contribution in [0, 0.1) is 0 Å². The van der Waals surface area contributed by atoms with Gasteiger partial charge < -0.3 is 9.30 Å². The zero-order valence-corrected chi connectivity index (χ0v) is 7.11. The van der Waals surface area contributed by atoms with Gasteiger partial charge >= 0.3 is 0 Å². The van der Waals surface area contributed by atoms with Crippen LogP contribution in [-0.4, -0.2) is 16.7 Å². The molecule has 12 heavy (non-hydrogen) atoms. The summed E-state index contributed by atoms with van der Waals surface area (Å²) in [6, 6.07) is 3.97. The van der Waals surface area contributed by atoms with E-state index in [1.807, 2.05) is 36.1 Å². The fraction of sp³-hybridized carbons (Fsp3) is 0.222. The molecular formula is C9H10N2O. The van der Waals surface area contributed by atoms with E-state index in [1.54, 1.807) is 7.11 Å². The third kappa shape index (κ3) is 0.942. The molecule has 0 spiro atoms. The Morgan fingerprint density at radius 3 is 3.08 bits per heavy atom. The van der Waals surface area contributed by atoms with Crippen LogP contribution < -0.4 is 4.74 Å². The predicted octanol–water partition coefficient (Wildman–Crippen LogP) is 1.58. The number of hydrogen-bond acceptors (Lipinski definition) is 2. The number of hydrogen-bond donors (Lipinski definition) is 0. The number of fused-ring (bicyclic) bond motifs is 1. The number of nitrogens with zero attached hydrogens (tertiary/aromatic N) is 2. The number of ether oxygens (including phenoxy) is 1. The lowest BCUT2D eigenvalue weighted by atomic mass is 10.3. The van der Waals surface area contributed by atoms with Crippen molar-refractivity contribution >= 4 is 10.9 Å². The molecule has 0 N–H and O–H groups in total. The number of pyridine rings is 1. The van der Waals surface area contributed by atoms with E-state index in [0.717, 1.165) is 10.9 Å². The number of rotatable bonds is 1. The summed E-state index contributed by atoms with van der Waals surface area (Å²) in [6.07, 6.45) is 3.82. The molecule has 0 fully saturated rings. The van der Waals surface area contributed by atoms with E-state index in [9.17, 15) is 0 Å². The Hall–Kier alpha value is -1.51. The first-order chi connectivity index (χ1) is 5.81. The van der Waals surface area contributed by atoms with E-state index in [-0.39, 0.29) is 0 Å². The van der Waals surface area contributed by atoms with Crippen molar-refractivity contribution in [2.24, 2.45) is 7.05 Å². The highest BCUT2D eigenvalue weighted by Crippen LogP contribution is 2.17. The van der Waals surface area contributed by atoms with E-state index in [4.69, 9.17) is 4.74 Å². The van der Waals surface area contributed by atoms with Crippen molar-refractivity contribution in [1.82, 2.24) is 9.55 Å². The quantitative estimate of drug-likeness (QED) is 0.636. The highest BCUT2D eigenvalue weighted by Gasteiger charge is 1.99. The Labute approximate surface area is 70.6 Å². The average molecular weight is 162 g/mol. The van der Waals surface area contributed by atoms with Crippen molar-refractivity contribution in [2.45, 2.75) is 0 Å². The van der Waals surface area contributed by atoms with Crippen molar-refractivity contribution in [2.75, 3.05) is 7.11 Å². The SMILES string of the molecule is COc1cc2ccn(C)c2cn1. The Kier molecular flexibility index (Phi) is 1.50. The van der Waals surface area contributed by atoms with Gasteiger partial charge in [-0.3, -0.25) is 0 Å². The van der Waals surface area contributed by atoms with Crippen molar-refractivity contribution in [3.8, 4) is 5.88 Å². The molecule has 0 aliphatic carbocycles. The molecule has 0 saturated heterocycles. The molecule has 2 aromatic heterocycles. The van der Waals surface area contributed by atoms with Crippen molar-refractivity contribution in [3.05, 3.63) is 24.5 Å². The topological polar surface area (TPSA) is 27.1 Å². The van der Waals surface area contributed by atoms with Gasteiger partial charge in [-0.2, -0.15) is 0 Å². The van der Waals surface area contributed by atoms with Gasteiger partial charge in [0, 0.05) is 24.7 Å². The second kappa shape index (κ2) is 2.52. The monoisotopic (exact) mass is 162 g/mol. The smallest absolute Gasteiger partial charge is 0.213 e. The van der Waals surface area contributed by atoms with Crippen LogP contribution in [0.3, 0.4) is 0 Å². The van der Waals surface area contributed by atoms with Gasteiger partial charge in [0.05, 0.1) is 18.8 Å². The van der Waals surface area contributed by atoms with Crippen LogP contribution in [0.25, 0.3) is 10.9 Å². The van der Waals surface area contributed by atoms with Crippen LogP contribution in [0.2, 0.25) is 0 Å². The van der Waals surface area contributed by atoms with Crippen LogP contribution in [0.4, 0.5) is 0 Å². The first-order valence-corrected chi connectivity index (χ1v) is 3.76. The maximum atomic E-state index is 5.01. The largest absolute Gasteiger partial charge is 0.481 e. The van der Waals surface area contributed by atoms with Crippen LogP contribution in [0.5, 0.6) is 5.88 Å². The zero-order valence-electron chi connectivity index (χ0n) is 7.11. The van der Waals surface area contributed by atoms with Crippen molar-refractivity contribution in [3.63, 3.8) is 0 Å². The van der Waals surface area contributed by atoms with Gasteiger partial charge in [-0.25, -0.2) is 4.98 Å². The Morgan fingerprint density at radius 1 is 1.50 bits per heavy atom. The molecule has 0 aliphatic heterocycles. The number of aryl methyl sites for hydroxylation is 1. The molecule has 0 unspecified atom stereocenters. The molecule has 0 aromatic carbocycles. The first-order valence-electron chi connectivity index (χ1n) is 3.76. The fourth-order valence-corrected chi connectivity index (χ4v) is 1.26. The van der Waals surface area contributed by atoms with E-state index in [0.29, 0.717) is 5.88 Å². The van der Waals surface area contributed by atoms with Gasteiger partial charge in [-0.05, 0) is 6.07 Å². The maximum absolute atomic E-state index is 5.01. The molecule has 0 amide bonds. The lowest BCUT2D eigenvalue weighted by molar-refractivity contribution is 0.398. The summed E-state index contributed by atoms with van der Waals surface area (Å²) in [4.78, 5) is 4.12. The summed E-state index contributed by atoms with van der Waals surface area (Å²) in [5.74, 6) is 0.661. The van der Waals surface area contributed by atoms with Crippen LogP contribution >= 0.6 is 0 Å². The molecule has 0 saturated carbocycles. The molecule has 3 heteroatoms. The predicted molar refractivity (Wildman–Crippen MR) is 47.3 cm³/mol. The second-order valence-electron chi connectivity index (χ2n) is 2.71. The van der Waals surface area contributed by atoms with E-state index in [1.165, 1.54) is 0 Å². The molecule has 2 rings (SSSR count). The molecular weight excluding hydrogens is 152 g/mol. The van der Waals surface area contributed by atoms with Gasteiger partial charge in [0.2, 0.25) is 5.88 Å². The number of aromatic nitrogens is 2. The van der Waals surface area contributed by atoms with Gasteiger partial charge in [0.25, 0.3) is 0 Å². The lowest BCUT2D eigenvalue weighted by Crippen LogP contribution is -1.88. The number of methoxy groups -OCH3 is 1. The summed E-state index contributed by atoms with van der Waals surface area (Å²) < 4.78 is 7.04. The fourth-order valence-electron chi connectivity index (χ4n) is 1.26. The second-order valence-corrected chi connectivity index (χ2v) is 2.71. The summed E-state index contributed by atoms with van der Waals surface area (Å²) in [5.41, 5.74) is 1.12. The zero-order chi connectivity index (χ0) is 8.55. The molecule has 2 aromatic rings. The molecule has 0 aliphatic rings. The van der Waals surface area contributed by atoms with E-state index in [2.05, 4.69) is 4.98 Å². The summed E-state index contributed by atoms with van der Waals surface area (Å²) >= 11 is 0. The minimum atomic E-state index is 0.661. The summed E-state index contributed by atoms with van der Waals surface area (Å²) in [6.45, 7) is 0. The lowest BCUT2D eigenvalue weighted by Gasteiger charge is -1.98. The highest BCUT2D eigenvalue weighted by atomic mass is 16.5. The molecule has 0 radical (unpaired) electrons. The minimum Gasteiger partial charge on any atom is -0.481 e. The van der Waals surface area contributed by atoms with Crippen molar-refractivity contribution < 1.29 is 4.74 Å². The van der Waals surface area contributed by atoms with Crippen LogP contribution in [-0.2, 0) is 7.05 Å². The highest BCUT2D eigenvalue weighted by molar-refractivity contribution is 5.80. The molecule has 0 atom stereocenters. The summed E-state index contributed by atoms with van der Waals surface area (Å²) in [7, 11) is 3.62. The van der Waals surface area contributed by atoms with E-state index >= 15 is 0 Å². The third-order valence-corrected chi connectivity index (χ3v) is 1.96. The van der Waals surface area contributed by atoms with Gasteiger partial charge in [0.15, 0.2) is 0 Å². The Bertz CT molecular complexity index is 406. The Morgan fingerprint density at radius 2 is 2.33 bits per heavy atom. The van der Waals surface area contributed by atoms with Crippen LogP contribution in [0.15, 0.2) is 24.5 Å². The molecule has 2 heterocycles. The Balaban J connectivity index is 2.69. The van der Waals surface area contributed by atoms with E-state index < -0.39 is 0 Å².